The van der Waals surface area contributed by atoms with Crippen molar-refractivity contribution in [1.82, 2.24) is 4.98 Å². The standard InChI is InChI=1S/C12H9BrClNO2/c13-9-3-4-10(14)11(6-9)17-12-8(7-16)2-1-5-15-12/h1-6,16H,7H2. The Morgan fingerprint density at radius 2 is 2.18 bits per heavy atom. The summed E-state index contributed by atoms with van der Waals surface area (Å²) in [5.74, 6) is 0.851. The van der Waals surface area contributed by atoms with Gasteiger partial charge in [-0.1, -0.05) is 27.5 Å². The van der Waals surface area contributed by atoms with Gasteiger partial charge in [0.2, 0.25) is 5.88 Å². The van der Waals surface area contributed by atoms with Crippen molar-refractivity contribution < 1.29 is 9.84 Å². The summed E-state index contributed by atoms with van der Waals surface area (Å²) in [6.07, 6.45) is 1.60. The van der Waals surface area contributed by atoms with Crippen molar-refractivity contribution in [3.8, 4) is 11.6 Å². The van der Waals surface area contributed by atoms with Gasteiger partial charge in [0, 0.05) is 16.2 Å². The lowest BCUT2D eigenvalue weighted by Gasteiger charge is -2.09. The minimum Gasteiger partial charge on any atom is -0.437 e. The molecule has 0 fully saturated rings. The van der Waals surface area contributed by atoms with E-state index in [1.165, 1.54) is 0 Å². The minimum absolute atomic E-state index is 0.130. The Bertz CT molecular complexity index is 534. The predicted octanol–water partition coefficient (Wildman–Crippen LogP) is 3.78. The number of aliphatic hydroxyl groups excluding tert-OH is 1. The SMILES string of the molecule is OCc1cccnc1Oc1cc(Br)ccc1Cl. The van der Waals surface area contributed by atoms with Crippen molar-refractivity contribution in [3.05, 3.63) is 51.6 Å². The van der Waals surface area contributed by atoms with Crippen LogP contribution < -0.4 is 4.74 Å². The second-order valence-corrected chi connectivity index (χ2v) is 4.63. The van der Waals surface area contributed by atoms with Gasteiger partial charge in [-0.15, -0.1) is 0 Å². The fraction of sp³-hybridized carbons (Fsp3) is 0.0833. The van der Waals surface area contributed by atoms with Gasteiger partial charge in [0.25, 0.3) is 0 Å². The average Bonchev–Trinajstić information content (AvgIpc) is 2.34. The third-order valence-corrected chi connectivity index (χ3v) is 2.93. The Labute approximate surface area is 112 Å². The molecule has 0 aliphatic carbocycles. The molecule has 0 atom stereocenters. The zero-order chi connectivity index (χ0) is 12.3. The Kier molecular flexibility index (Phi) is 3.99. The van der Waals surface area contributed by atoms with E-state index in [0.29, 0.717) is 22.2 Å². The van der Waals surface area contributed by atoms with Crippen LogP contribution in [0.5, 0.6) is 11.6 Å². The van der Waals surface area contributed by atoms with Crippen molar-refractivity contribution in [1.29, 1.82) is 0 Å². The third-order valence-electron chi connectivity index (χ3n) is 2.12. The van der Waals surface area contributed by atoms with E-state index in [1.54, 1.807) is 30.5 Å². The van der Waals surface area contributed by atoms with E-state index in [-0.39, 0.29) is 6.61 Å². The molecule has 0 saturated heterocycles. The summed E-state index contributed by atoms with van der Waals surface area (Å²) in [7, 11) is 0. The number of hydrogen-bond acceptors (Lipinski definition) is 3. The highest BCUT2D eigenvalue weighted by atomic mass is 79.9. The molecule has 0 bridgehead atoms. The molecule has 0 amide bonds. The van der Waals surface area contributed by atoms with Crippen molar-refractivity contribution >= 4 is 27.5 Å². The molecule has 1 heterocycles. The number of hydrogen-bond donors (Lipinski definition) is 1. The molecule has 1 aromatic heterocycles. The van der Waals surface area contributed by atoms with Crippen molar-refractivity contribution in [2.24, 2.45) is 0 Å². The maximum Gasteiger partial charge on any atom is 0.224 e. The van der Waals surface area contributed by atoms with Crippen LogP contribution >= 0.6 is 27.5 Å². The van der Waals surface area contributed by atoms with Crippen LogP contribution in [0.1, 0.15) is 5.56 Å². The van der Waals surface area contributed by atoms with E-state index in [0.717, 1.165) is 4.47 Å². The van der Waals surface area contributed by atoms with Crippen LogP contribution in [0.25, 0.3) is 0 Å². The first-order chi connectivity index (χ1) is 8.20. The lowest BCUT2D eigenvalue weighted by Crippen LogP contribution is -1.94. The summed E-state index contributed by atoms with van der Waals surface area (Å²) < 4.78 is 6.44. The van der Waals surface area contributed by atoms with Crippen LogP contribution in [0.2, 0.25) is 5.02 Å². The van der Waals surface area contributed by atoms with Gasteiger partial charge < -0.3 is 9.84 Å². The number of halogens is 2. The van der Waals surface area contributed by atoms with Gasteiger partial charge in [-0.3, -0.25) is 0 Å². The van der Waals surface area contributed by atoms with Gasteiger partial charge >= 0.3 is 0 Å². The highest BCUT2D eigenvalue weighted by molar-refractivity contribution is 9.10. The van der Waals surface area contributed by atoms with E-state index in [4.69, 9.17) is 21.4 Å². The predicted molar refractivity (Wildman–Crippen MR) is 69.4 cm³/mol. The monoisotopic (exact) mass is 313 g/mol. The summed E-state index contributed by atoms with van der Waals surface area (Å²) in [6.45, 7) is -0.130. The molecule has 0 saturated carbocycles. The normalized spacial score (nSPS) is 10.3. The van der Waals surface area contributed by atoms with Gasteiger partial charge in [-0.25, -0.2) is 4.98 Å². The van der Waals surface area contributed by atoms with E-state index in [9.17, 15) is 0 Å². The van der Waals surface area contributed by atoms with Gasteiger partial charge in [-0.2, -0.15) is 0 Å². The number of pyridine rings is 1. The second-order valence-electron chi connectivity index (χ2n) is 3.30. The first-order valence-corrected chi connectivity index (χ1v) is 6.05. The summed E-state index contributed by atoms with van der Waals surface area (Å²) in [5.41, 5.74) is 0.614. The summed E-state index contributed by atoms with van der Waals surface area (Å²) in [5, 5.41) is 9.65. The quantitative estimate of drug-likeness (QED) is 0.937. The molecule has 3 nitrogen and oxygen atoms in total. The fourth-order valence-corrected chi connectivity index (χ4v) is 1.79. The molecule has 88 valence electrons. The average molecular weight is 315 g/mol. The van der Waals surface area contributed by atoms with Gasteiger partial charge in [-0.05, 0) is 30.3 Å². The smallest absolute Gasteiger partial charge is 0.224 e. The van der Waals surface area contributed by atoms with E-state index >= 15 is 0 Å². The van der Waals surface area contributed by atoms with Crippen molar-refractivity contribution in [3.63, 3.8) is 0 Å². The molecule has 1 aromatic carbocycles. The third kappa shape index (κ3) is 2.97. The molecule has 0 aliphatic heterocycles. The van der Waals surface area contributed by atoms with E-state index < -0.39 is 0 Å². The summed E-state index contributed by atoms with van der Waals surface area (Å²) in [4.78, 5) is 4.06. The first-order valence-electron chi connectivity index (χ1n) is 4.88. The molecular formula is C12H9BrClNO2. The number of benzene rings is 1. The Morgan fingerprint density at radius 3 is 2.94 bits per heavy atom. The molecule has 17 heavy (non-hydrogen) atoms. The molecule has 0 unspecified atom stereocenters. The molecule has 0 aliphatic rings. The molecule has 0 spiro atoms. The lowest BCUT2D eigenvalue weighted by molar-refractivity contribution is 0.275. The lowest BCUT2D eigenvalue weighted by atomic mass is 10.3. The van der Waals surface area contributed by atoms with Gasteiger partial charge in [0.05, 0.1) is 11.6 Å². The Hall–Kier alpha value is -1.10. The number of ether oxygens (including phenoxy) is 1. The van der Waals surface area contributed by atoms with Crippen molar-refractivity contribution in [2.75, 3.05) is 0 Å². The van der Waals surface area contributed by atoms with E-state index in [2.05, 4.69) is 20.9 Å². The van der Waals surface area contributed by atoms with Crippen LogP contribution in [0, 0.1) is 0 Å². The zero-order valence-corrected chi connectivity index (χ0v) is 11.1. The number of rotatable bonds is 3. The Morgan fingerprint density at radius 1 is 1.35 bits per heavy atom. The summed E-state index contributed by atoms with van der Waals surface area (Å²) >= 11 is 9.34. The highest BCUT2D eigenvalue weighted by Gasteiger charge is 2.08. The molecule has 1 N–H and O–H groups in total. The molecule has 5 heteroatoms. The topological polar surface area (TPSA) is 42.4 Å². The van der Waals surface area contributed by atoms with Crippen LogP contribution in [-0.4, -0.2) is 10.1 Å². The van der Waals surface area contributed by atoms with E-state index in [1.807, 2.05) is 6.07 Å². The largest absolute Gasteiger partial charge is 0.437 e. The van der Waals surface area contributed by atoms with Crippen molar-refractivity contribution in [2.45, 2.75) is 6.61 Å². The highest BCUT2D eigenvalue weighted by Crippen LogP contribution is 2.32. The Balaban J connectivity index is 2.34. The van der Waals surface area contributed by atoms with Crippen LogP contribution in [-0.2, 0) is 6.61 Å². The second kappa shape index (κ2) is 5.49. The van der Waals surface area contributed by atoms with Crippen LogP contribution in [0.15, 0.2) is 41.0 Å². The molecular weight excluding hydrogens is 305 g/mol. The zero-order valence-electron chi connectivity index (χ0n) is 8.73. The number of nitrogens with zero attached hydrogens (tertiary/aromatic N) is 1. The van der Waals surface area contributed by atoms with Gasteiger partial charge in [0.15, 0.2) is 0 Å². The maximum atomic E-state index is 9.16. The number of aliphatic hydroxyl groups is 1. The van der Waals surface area contributed by atoms with Crippen LogP contribution in [0.4, 0.5) is 0 Å². The van der Waals surface area contributed by atoms with Crippen LogP contribution in [0.3, 0.4) is 0 Å². The molecule has 2 aromatic rings. The molecule has 0 radical (unpaired) electrons. The number of aromatic nitrogens is 1. The van der Waals surface area contributed by atoms with Gasteiger partial charge in [0.1, 0.15) is 5.75 Å². The fourth-order valence-electron chi connectivity index (χ4n) is 1.30. The maximum absolute atomic E-state index is 9.16. The molecule has 2 rings (SSSR count). The summed E-state index contributed by atoms with van der Waals surface area (Å²) in [6, 6.07) is 8.77. The first kappa shape index (κ1) is 12.4. The minimum atomic E-state index is -0.130.